The monoisotopic (exact) mass is 561 g/mol. The number of hydrogen-bond acceptors (Lipinski definition) is 5. The number of hydrogen-bond donors (Lipinski definition) is 0. The van der Waals surface area contributed by atoms with E-state index in [1.54, 1.807) is 12.3 Å². The number of anilines is 1. The third-order valence-electron chi connectivity index (χ3n) is 7.21. The molecule has 1 saturated carbocycles. The molecule has 0 unspecified atom stereocenters. The number of carbonyl (C=O) groups excluding carboxylic acids is 3. The summed E-state index contributed by atoms with van der Waals surface area (Å²) < 4.78 is 46.3. The van der Waals surface area contributed by atoms with E-state index in [4.69, 9.17) is 4.74 Å². The van der Waals surface area contributed by atoms with E-state index in [0.717, 1.165) is 48.3 Å². The van der Waals surface area contributed by atoms with Gasteiger partial charge in [0.15, 0.2) is 0 Å². The predicted molar refractivity (Wildman–Crippen MR) is 143 cm³/mol. The standard InChI is InChI=1S/C28H34F3N3O4Si/c1-39(2,3)14-13-38-18-34-25(35)23-12-11-22(15-24(23)26(34)36)33(27(37)28(29,30)31)17-21-10-9-20(16-32-21)19-7-5-4-6-8-19/h9-12,15-16,19H,4-8,13-14,17-18H2,1-3H3. The summed E-state index contributed by atoms with van der Waals surface area (Å²) >= 11 is 0. The number of nitrogens with zero attached hydrogens (tertiary/aromatic N) is 3. The number of rotatable bonds is 9. The molecule has 0 radical (unpaired) electrons. The second-order valence-electron chi connectivity index (χ2n) is 11.4. The van der Waals surface area contributed by atoms with E-state index in [0.29, 0.717) is 17.4 Å². The first-order chi connectivity index (χ1) is 18.3. The largest absolute Gasteiger partial charge is 0.471 e. The van der Waals surface area contributed by atoms with Crippen molar-refractivity contribution in [2.45, 2.75) is 76.4 Å². The van der Waals surface area contributed by atoms with Gasteiger partial charge in [0.25, 0.3) is 11.8 Å². The number of halogens is 3. The molecule has 0 spiro atoms. The van der Waals surface area contributed by atoms with Gasteiger partial charge in [-0.2, -0.15) is 13.2 Å². The molecule has 0 N–H and O–H groups in total. The van der Waals surface area contributed by atoms with Gasteiger partial charge in [0, 0.05) is 26.6 Å². The molecule has 1 fully saturated rings. The fourth-order valence-corrected chi connectivity index (χ4v) is 5.66. The molecule has 11 heteroatoms. The van der Waals surface area contributed by atoms with Crippen LogP contribution in [0.5, 0.6) is 0 Å². The number of aromatic nitrogens is 1. The lowest BCUT2D eigenvalue weighted by Crippen LogP contribution is -2.41. The van der Waals surface area contributed by atoms with Crippen molar-refractivity contribution in [3.63, 3.8) is 0 Å². The maximum Gasteiger partial charge on any atom is 0.471 e. The summed E-state index contributed by atoms with van der Waals surface area (Å²) in [6, 6.07) is 8.05. The molecule has 210 valence electrons. The first-order valence-electron chi connectivity index (χ1n) is 13.3. The van der Waals surface area contributed by atoms with Crippen molar-refractivity contribution >= 4 is 31.5 Å². The minimum Gasteiger partial charge on any atom is -0.361 e. The van der Waals surface area contributed by atoms with Crippen LogP contribution in [0.3, 0.4) is 0 Å². The zero-order valence-electron chi connectivity index (χ0n) is 22.5. The fraction of sp³-hybridized carbons (Fsp3) is 0.500. The molecule has 4 rings (SSSR count). The Hall–Kier alpha value is -3.05. The van der Waals surface area contributed by atoms with Gasteiger partial charge in [0.1, 0.15) is 6.73 Å². The second-order valence-corrected chi connectivity index (χ2v) is 17.0. The average Bonchev–Trinajstić information content (AvgIpc) is 3.13. The van der Waals surface area contributed by atoms with Gasteiger partial charge in [-0.25, -0.2) is 4.90 Å². The second kappa shape index (κ2) is 11.6. The van der Waals surface area contributed by atoms with Gasteiger partial charge in [-0.15, -0.1) is 0 Å². The highest BCUT2D eigenvalue weighted by molar-refractivity contribution is 6.76. The number of fused-ring (bicyclic) bond motifs is 1. The Morgan fingerprint density at radius 2 is 1.74 bits per heavy atom. The Balaban J connectivity index is 1.54. The van der Waals surface area contributed by atoms with Crippen LogP contribution in [0.15, 0.2) is 36.5 Å². The van der Waals surface area contributed by atoms with E-state index in [1.165, 1.54) is 18.6 Å². The number of pyridine rings is 1. The van der Waals surface area contributed by atoms with Crippen molar-refractivity contribution < 1.29 is 32.3 Å². The third-order valence-corrected chi connectivity index (χ3v) is 8.92. The van der Waals surface area contributed by atoms with Crippen LogP contribution in [0.2, 0.25) is 25.7 Å². The van der Waals surface area contributed by atoms with E-state index in [-0.39, 0.29) is 29.2 Å². The Kier molecular flexibility index (Phi) is 8.60. The van der Waals surface area contributed by atoms with Crippen molar-refractivity contribution in [3.8, 4) is 0 Å². The smallest absolute Gasteiger partial charge is 0.361 e. The number of alkyl halides is 3. The van der Waals surface area contributed by atoms with Crippen molar-refractivity contribution in [2.75, 3.05) is 18.2 Å². The van der Waals surface area contributed by atoms with Crippen molar-refractivity contribution in [1.82, 2.24) is 9.88 Å². The van der Waals surface area contributed by atoms with Crippen molar-refractivity contribution in [1.29, 1.82) is 0 Å². The van der Waals surface area contributed by atoms with Gasteiger partial charge in [0.2, 0.25) is 0 Å². The van der Waals surface area contributed by atoms with E-state index in [2.05, 4.69) is 24.6 Å². The number of amides is 3. The predicted octanol–water partition coefficient (Wildman–Crippen LogP) is 6.13. The Morgan fingerprint density at radius 3 is 2.36 bits per heavy atom. The maximum atomic E-state index is 13.6. The topological polar surface area (TPSA) is 79.8 Å². The molecule has 1 aromatic carbocycles. The van der Waals surface area contributed by atoms with Crippen LogP contribution in [0.1, 0.15) is 70.0 Å². The summed E-state index contributed by atoms with van der Waals surface area (Å²) in [5.41, 5.74) is 1.18. The van der Waals surface area contributed by atoms with Crippen LogP contribution >= 0.6 is 0 Å². The van der Waals surface area contributed by atoms with Crippen LogP contribution in [-0.2, 0) is 16.1 Å². The molecule has 0 saturated heterocycles. The summed E-state index contributed by atoms with van der Waals surface area (Å²) in [5, 5.41) is 0. The minimum atomic E-state index is -5.14. The summed E-state index contributed by atoms with van der Waals surface area (Å²) in [5.74, 6) is -2.94. The first-order valence-corrected chi connectivity index (χ1v) is 17.0. The third kappa shape index (κ3) is 6.94. The number of carbonyl (C=O) groups is 3. The molecule has 1 aliphatic carbocycles. The van der Waals surface area contributed by atoms with E-state index in [1.807, 2.05) is 6.07 Å². The molecule has 0 bridgehead atoms. The fourth-order valence-electron chi connectivity index (χ4n) is 4.90. The summed E-state index contributed by atoms with van der Waals surface area (Å²) in [4.78, 5) is 44.0. The van der Waals surface area contributed by atoms with E-state index in [9.17, 15) is 27.6 Å². The average molecular weight is 562 g/mol. The number of imide groups is 1. The summed E-state index contributed by atoms with van der Waals surface area (Å²) in [6.07, 6.45) is 2.13. The first kappa shape index (κ1) is 28.9. The molecule has 1 aliphatic heterocycles. The van der Waals surface area contributed by atoms with Crippen LogP contribution in [0.4, 0.5) is 18.9 Å². The van der Waals surface area contributed by atoms with Gasteiger partial charge in [0.05, 0.1) is 23.4 Å². The zero-order chi connectivity index (χ0) is 28.4. The normalized spacial score (nSPS) is 16.5. The number of ether oxygens (including phenoxy) is 1. The van der Waals surface area contributed by atoms with Gasteiger partial charge in [-0.1, -0.05) is 45.0 Å². The Bertz CT molecular complexity index is 1220. The van der Waals surface area contributed by atoms with E-state index < -0.39 is 38.5 Å². The molecule has 2 aliphatic rings. The Morgan fingerprint density at radius 1 is 1.05 bits per heavy atom. The summed E-state index contributed by atoms with van der Waals surface area (Å²) in [6.45, 7) is 6.24. The van der Waals surface area contributed by atoms with Gasteiger partial charge in [-0.05, 0) is 54.6 Å². The molecule has 3 amide bonds. The maximum absolute atomic E-state index is 13.6. The molecule has 0 atom stereocenters. The molecule has 2 heterocycles. The highest BCUT2D eigenvalue weighted by Gasteiger charge is 2.44. The highest BCUT2D eigenvalue weighted by atomic mass is 28.3. The zero-order valence-corrected chi connectivity index (χ0v) is 23.5. The highest BCUT2D eigenvalue weighted by Crippen LogP contribution is 2.33. The lowest BCUT2D eigenvalue weighted by molar-refractivity contribution is -0.170. The number of benzene rings is 1. The van der Waals surface area contributed by atoms with Crippen LogP contribution in [-0.4, -0.2) is 55.2 Å². The van der Waals surface area contributed by atoms with Crippen LogP contribution in [0, 0.1) is 0 Å². The molecule has 39 heavy (non-hydrogen) atoms. The minimum absolute atomic E-state index is 0.0620. The molecular weight excluding hydrogens is 527 g/mol. The molecule has 2 aromatic rings. The lowest BCUT2D eigenvalue weighted by atomic mass is 9.85. The van der Waals surface area contributed by atoms with Crippen molar-refractivity contribution in [2.24, 2.45) is 0 Å². The van der Waals surface area contributed by atoms with Crippen LogP contribution in [0.25, 0.3) is 0 Å². The molecule has 7 nitrogen and oxygen atoms in total. The van der Waals surface area contributed by atoms with Gasteiger partial charge in [-0.3, -0.25) is 24.3 Å². The van der Waals surface area contributed by atoms with Crippen LogP contribution < -0.4 is 4.90 Å². The van der Waals surface area contributed by atoms with Gasteiger partial charge >= 0.3 is 12.1 Å². The summed E-state index contributed by atoms with van der Waals surface area (Å²) in [7, 11) is -1.37. The Labute approximate surface area is 227 Å². The van der Waals surface area contributed by atoms with E-state index >= 15 is 0 Å². The van der Waals surface area contributed by atoms with Crippen molar-refractivity contribution in [3.05, 3.63) is 58.9 Å². The van der Waals surface area contributed by atoms with Gasteiger partial charge < -0.3 is 4.74 Å². The lowest BCUT2D eigenvalue weighted by Gasteiger charge is -2.25. The quantitative estimate of drug-likeness (QED) is 0.209. The molecule has 1 aromatic heterocycles. The SMILES string of the molecule is C[Si](C)(C)CCOCN1C(=O)c2ccc(N(Cc3ccc(C4CCCCC4)cn3)C(=O)C(F)(F)F)cc2C1=O. The molecular formula is C28H34F3N3O4Si.